The van der Waals surface area contributed by atoms with Gasteiger partial charge in [-0.3, -0.25) is 0 Å². The van der Waals surface area contributed by atoms with E-state index in [0.29, 0.717) is 0 Å². The average Bonchev–Trinajstić information content (AvgIpc) is 3.39. The van der Waals surface area contributed by atoms with Crippen LogP contribution in [0.25, 0.3) is 0 Å². The van der Waals surface area contributed by atoms with E-state index < -0.39 is 0 Å². The molecule has 0 aromatic carbocycles. The first kappa shape index (κ1) is 43.5. The molecule has 1 aliphatic rings. The molecule has 272 valence electrons. The summed E-state index contributed by atoms with van der Waals surface area (Å²) in [5.41, 5.74) is 7.63. The van der Waals surface area contributed by atoms with Crippen LogP contribution >= 0.6 is 0 Å². The minimum absolute atomic E-state index is 1.37. The van der Waals surface area contributed by atoms with Gasteiger partial charge in [0.25, 0.3) is 0 Å². The molecule has 1 rings (SSSR count). The van der Waals surface area contributed by atoms with Crippen LogP contribution in [-0.4, -0.2) is 0 Å². The molecule has 0 aliphatic heterocycles. The van der Waals surface area contributed by atoms with Gasteiger partial charge in [-0.2, -0.15) is 0 Å². The third-order valence-corrected chi connectivity index (χ3v) is 11.1. The van der Waals surface area contributed by atoms with Crippen molar-refractivity contribution < 1.29 is 0 Å². The maximum atomic E-state index is 2.34. The summed E-state index contributed by atoms with van der Waals surface area (Å²) < 4.78 is 0. The molecule has 46 heavy (non-hydrogen) atoms. The third-order valence-electron chi connectivity index (χ3n) is 11.1. The van der Waals surface area contributed by atoms with E-state index in [1.807, 2.05) is 22.3 Å². The van der Waals surface area contributed by atoms with Crippen LogP contribution in [0.4, 0.5) is 0 Å². The van der Waals surface area contributed by atoms with Gasteiger partial charge in [-0.1, -0.05) is 225 Å². The topological polar surface area (TPSA) is 0 Å². The Morgan fingerprint density at radius 2 is 0.435 bits per heavy atom. The van der Waals surface area contributed by atoms with E-state index in [1.165, 1.54) is 244 Å². The second-order valence-corrected chi connectivity index (χ2v) is 15.6. The summed E-state index contributed by atoms with van der Waals surface area (Å²) in [5.74, 6) is 0. The molecule has 0 atom stereocenters. The maximum Gasteiger partial charge on any atom is -0.00966 e. The lowest BCUT2D eigenvalue weighted by Gasteiger charge is -2.14. The van der Waals surface area contributed by atoms with Gasteiger partial charge in [-0.25, -0.2) is 0 Å². The molecule has 0 unspecified atom stereocenters. The summed E-state index contributed by atoms with van der Waals surface area (Å²) in [7, 11) is 0. The zero-order valence-electron chi connectivity index (χ0n) is 32.9. The predicted octanol–water partition coefficient (Wildman–Crippen LogP) is 17.5. The van der Waals surface area contributed by atoms with Crippen molar-refractivity contribution in [2.75, 3.05) is 0 Å². The Bertz CT molecular complexity index is 693. The van der Waals surface area contributed by atoms with Crippen molar-refractivity contribution in [1.82, 2.24) is 0 Å². The van der Waals surface area contributed by atoms with Crippen LogP contribution in [0, 0.1) is 0 Å². The van der Waals surface area contributed by atoms with Crippen LogP contribution in [-0.2, 0) is 0 Å². The highest BCUT2D eigenvalue weighted by Crippen LogP contribution is 2.42. The Balaban J connectivity index is 2.73. The van der Waals surface area contributed by atoms with E-state index in [-0.39, 0.29) is 0 Å². The van der Waals surface area contributed by atoms with Crippen LogP contribution in [0.15, 0.2) is 22.3 Å². The zero-order valence-corrected chi connectivity index (χ0v) is 32.9. The highest BCUT2D eigenvalue weighted by Gasteiger charge is 2.23. The molecule has 0 aromatic rings. The molecule has 0 bridgehead atoms. The molecule has 0 amide bonds. The van der Waals surface area contributed by atoms with Crippen molar-refractivity contribution in [3.8, 4) is 0 Å². The molecular weight excluding hydrogens is 553 g/mol. The molecule has 0 nitrogen and oxygen atoms in total. The van der Waals surface area contributed by atoms with Crippen molar-refractivity contribution in [3.63, 3.8) is 0 Å². The Kier molecular flexibility index (Phi) is 32.5. The van der Waals surface area contributed by atoms with Gasteiger partial charge in [0.15, 0.2) is 0 Å². The lowest BCUT2D eigenvalue weighted by atomic mass is 9.91. The molecule has 0 spiro atoms. The molecule has 1 aliphatic carbocycles. The summed E-state index contributed by atoms with van der Waals surface area (Å²) in [6.07, 6.45) is 54.7. The fourth-order valence-corrected chi connectivity index (χ4v) is 8.02. The minimum Gasteiger partial charge on any atom is -0.0654 e. The first-order chi connectivity index (χ1) is 22.8. The van der Waals surface area contributed by atoms with Crippen molar-refractivity contribution in [2.45, 2.75) is 272 Å². The third kappa shape index (κ3) is 24.6. The van der Waals surface area contributed by atoms with Gasteiger partial charge < -0.3 is 0 Å². The number of rotatable bonds is 37. The Labute approximate surface area is 293 Å². The summed E-state index contributed by atoms with van der Waals surface area (Å²) in [5, 5.41) is 0. The first-order valence-electron chi connectivity index (χ1n) is 22.2. The van der Waals surface area contributed by atoms with Gasteiger partial charge in [-0.15, -0.1) is 0 Å². The Hall–Kier alpha value is -0.520. The average molecular weight is 641 g/mol. The van der Waals surface area contributed by atoms with Crippen LogP contribution < -0.4 is 0 Å². The molecule has 0 N–H and O–H groups in total. The molecule has 0 saturated heterocycles. The van der Waals surface area contributed by atoms with Crippen molar-refractivity contribution in [3.05, 3.63) is 22.3 Å². The second kappa shape index (κ2) is 34.3. The monoisotopic (exact) mass is 641 g/mol. The zero-order chi connectivity index (χ0) is 33.2. The highest BCUT2D eigenvalue weighted by atomic mass is 14.3. The van der Waals surface area contributed by atoms with Gasteiger partial charge in [0, 0.05) is 0 Å². The largest absolute Gasteiger partial charge is 0.0654 e. The van der Waals surface area contributed by atoms with Crippen molar-refractivity contribution in [1.29, 1.82) is 0 Å². The van der Waals surface area contributed by atoms with Gasteiger partial charge in [0.1, 0.15) is 0 Å². The lowest BCUT2D eigenvalue weighted by molar-refractivity contribution is 0.559. The van der Waals surface area contributed by atoms with E-state index in [9.17, 15) is 0 Å². The predicted molar refractivity (Wildman–Crippen MR) is 212 cm³/mol. The standard InChI is InChI=1S/C46H88/c1-5-9-13-17-21-24-27-31-35-39-44-42-43(38-34-30-26-20-16-12-8-4)45(40-36-32-28-23-19-15-11-7-3)46(44)41-37-33-29-25-22-18-14-10-6-2/h5-42H2,1-4H3. The van der Waals surface area contributed by atoms with Gasteiger partial charge >= 0.3 is 0 Å². The Morgan fingerprint density at radius 1 is 0.239 bits per heavy atom. The number of hydrogen-bond acceptors (Lipinski definition) is 0. The number of unbranched alkanes of at least 4 members (excludes halogenated alkanes) is 29. The summed E-state index contributed by atoms with van der Waals surface area (Å²) in [6.45, 7) is 9.34. The summed E-state index contributed by atoms with van der Waals surface area (Å²) in [4.78, 5) is 0. The molecule has 0 radical (unpaired) electrons. The van der Waals surface area contributed by atoms with E-state index in [1.54, 1.807) is 0 Å². The molecular formula is C46H88. The molecule has 0 fully saturated rings. The van der Waals surface area contributed by atoms with Crippen molar-refractivity contribution in [2.24, 2.45) is 0 Å². The minimum atomic E-state index is 1.37. The number of allylic oxidation sites excluding steroid dienone is 4. The van der Waals surface area contributed by atoms with Crippen LogP contribution in [0.3, 0.4) is 0 Å². The fourth-order valence-electron chi connectivity index (χ4n) is 8.02. The van der Waals surface area contributed by atoms with E-state index in [0.717, 1.165) is 0 Å². The fraction of sp³-hybridized carbons (Fsp3) is 0.913. The summed E-state index contributed by atoms with van der Waals surface area (Å²) >= 11 is 0. The first-order valence-corrected chi connectivity index (χ1v) is 22.2. The second-order valence-electron chi connectivity index (χ2n) is 15.6. The van der Waals surface area contributed by atoms with Crippen LogP contribution in [0.5, 0.6) is 0 Å². The van der Waals surface area contributed by atoms with Crippen LogP contribution in [0.2, 0.25) is 0 Å². The quantitative estimate of drug-likeness (QED) is 0.0593. The van der Waals surface area contributed by atoms with Gasteiger partial charge in [-0.05, 0) is 68.9 Å². The molecule has 0 heteroatoms. The highest BCUT2D eigenvalue weighted by molar-refractivity contribution is 5.47. The number of hydrogen-bond donors (Lipinski definition) is 0. The lowest BCUT2D eigenvalue weighted by Crippen LogP contribution is -1.95. The molecule has 0 saturated carbocycles. The normalized spacial score (nSPS) is 13.6. The Morgan fingerprint density at radius 3 is 0.674 bits per heavy atom. The van der Waals surface area contributed by atoms with Gasteiger partial charge in [0.05, 0.1) is 0 Å². The van der Waals surface area contributed by atoms with E-state index in [2.05, 4.69) is 27.7 Å². The summed E-state index contributed by atoms with van der Waals surface area (Å²) in [6, 6.07) is 0. The smallest absolute Gasteiger partial charge is 0.00966 e. The SMILES string of the molecule is CCCCCCCCCCCC1=C(CCCCCCCCCCC)C(CCCCCCCCCC)=C(CCCCCCCCC)C1. The molecule has 0 aromatic heterocycles. The van der Waals surface area contributed by atoms with Gasteiger partial charge in [0.2, 0.25) is 0 Å². The van der Waals surface area contributed by atoms with Crippen LogP contribution in [0.1, 0.15) is 272 Å². The maximum absolute atomic E-state index is 2.34. The van der Waals surface area contributed by atoms with E-state index >= 15 is 0 Å². The molecule has 0 heterocycles. The van der Waals surface area contributed by atoms with E-state index in [4.69, 9.17) is 0 Å². The van der Waals surface area contributed by atoms with Crippen molar-refractivity contribution >= 4 is 0 Å².